The molecule has 0 aliphatic carbocycles. The number of nitrogens with one attached hydrogen (secondary N) is 1. The van der Waals surface area contributed by atoms with Crippen LogP contribution in [0.4, 0.5) is 4.79 Å². The number of hydrogen-bond acceptors (Lipinski definition) is 5. The van der Waals surface area contributed by atoms with E-state index in [2.05, 4.69) is 4.98 Å². The number of morpholine rings is 1. The molecule has 2 rings (SSSR count). The van der Waals surface area contributed by atoms with E-state index in [1.807, 2.05) is 6.92 Å². The largest absolute Gasteiger partial charge is 0.453 e. The maximum atomic E-state index is 11.9. The van der Waals surface area contributed by atoms with Gasteiger partial charge in [0.15, 0.2) is 6.23 Å². The van der Waals surface area contributed by atoms with E-state index in [0.29, 0.717) is 18.5 Å². The van der Waals surface area contributed by atoms with Crippen LogP contribution in [0.25, 0.3) is 0 Å². The van der Waals surface area contributed by atoms with Crippen molar-refractivity contribution in [3.8, 4) is 0 Å². The van der Waals surface area contributed by atoms with Crippen LogP contribution >= 0.6 is 0 Å². The molecule has 0 aromatic carbocycles. The fourth-order valence-corrected chi connectivity index (χ4v) is 2.27. The second-order valence-corrected chi connectivity index (χ2v) is 4.97. The monoisotopic (exact) mass is 297 g/mol. The predicted molar refractivity (Wildman–Crippen MR) is 74.2 cm³/mol. The van der Waals surface area contributed by atoms with Crippen molar-refractivity contribution in [1.82, 2.24) is 14.5 Å². The molecule has 2 atom stereocenters. The maximum absolute atomic E-state index is 11.9. The fourth-order valence-electron chi connectivity index (χ4n) is 2.27. The van der Waals surface area contributed by atoms with Crippen LogP contribution in [-0.4, -0.2) is 46.8 Å². The highest BCUT2D eigenvalue weighted by Crippen LogP contribution is 2.20. The van der Waals surface area contributed by atoms with E-state index in [1.165, 1.54) is 22.8 Å². The van der Waals surface area contributed by atoms with Gasteiger partial charge in [-0.2, -0.15) is 0 Å². The molecule has 1 amide bonds. The first-order valence-corrected chi connectivity index (χ1v) is 6.76. The number of methoxy groups -OCH3 is 1. The van der Waals surface area contributed by atoms with Crippen LogP contribution in [0.15, 0.2) is 15.8 Å². The summed E-state index contributed by atoms with van der Waals surface area (Å²) in [4.78, 5) is 38.8. The summed E-state index contributed by atoms with van der Waals surface area (Å²) in [5.41, 5.74) is -0.581. The number of ether oxygens (including phenoxy) is 2. The Hall–Kier alpha value is -2.09. The minimum Gasteiger partial charge on any atom is -0.453 e. The van der Waals surface area contributed by atoms with Crippen molar-refractivity contribution in [2.24, 2.45) is 0 Å². The van der Waals surface area contributed by atoms with Crippen molar-refractivity contribution in [3.63, 3.8) is 0 Å². The topological polar surface area (TPSA) is 93.6 Å². The van der Waals surface area contributed by atoms with Crippen molar-refractivity contribution in [2.45, 2.75) is 32.6 Å². The second kappa shape index (κ2) is 6.13. The van der Waals surface area contributed by atoms with Gasteiger partial charge in [0.25, 0.3) is 5.56 Å². The van der Waals surface area contributed by atoms with Crippen LogP contribution < -0.4 is 11.2 Å². The highest BCUT2D eigenvalue weighted by atomic mass is 16.6. The van der Waals surface area contributed by atoms with Gasteiger partial charge in [-0.25, -0.2) is 9.59 Å². The molecule has 2 heterocycles. The van der Waals surface area contributed by atoms with E-state index >= 15 is 0 Å². The van der Waals surface area contributed by atoms with Crippen molar-refractivity contribution >= 4 is 6.09 Å². The summed E-state index contributed by atoms with van der Waals surface area (Å²) in [6.07, 6.45) is 0.837. The van der Waals surface area contributed by atoms with Gasteiger partial charge in [-0.05, 0) is 13.3 Å². The summed E-state index contributed by atoms with van der Waals surface area (Å²) in [7, 11) is 1.31. The smallest absolute Gasteiger partial charge is 0.409 e. The lowest BCUT2D eigenvalue weighted by Crippen LogP contribution is -2.50. The summed E-state index contributed by atoms with van der Waals surface area (Å²) in [5, 5.41) is 0. The van der Waals surface area contributed by atoms with E-state index in [9.17, 15) is 14.4 Å². The lowest BCUT2D eigenvalue weighted by atomic mass is 10.2. The Bertz CT molecular complexity index is 635. The lowest BCUT2D eigenvalue weighted by molar-refractivity contribution is -0.116. The van der Waals surface area contributed by atoms with Gasteiger partial charge in [0.1, 0.15) is 0 Å². The van der Waals surface area contributed by atoms with Crippen LogP contribution in [0.1, 0.15) is 25.1 Å². The maximum Gasteiger partial charge on any atom is 0.409 e. The van der Waals surface area contributed by atoms with Crippen LogP contribution in [0.5, 0.6) is 0 Å². The molecule has 1 saturated heterocycles. The van der Waals surface area contributed by atoms with Crippen LogP contribution in [0, 0.1) is 6.92 Å². The summed E-state index contributed by atoms with van der Waals surface area (Å²) in [6, 6.07) is 0. The number of hydrogen-bond donors (Lipinski definition) is 1. The molecule has 0 bridgehead atoms. The number of aryl methyl sites for hydroxylation is 1. The Morgan fingerprint density at radius 3 is 2.81 bits per heavy atom. The zero-order chi connectivity index (χ0) is 15.6. The van der Waals surface area contributed by atoms with E-state index in [1.54, 1.807) is 6.92 Å². The molecule has 1 N–H and O–H groups in total. The Kier molecular flexibility index (Phi) is 4.46. The normalized spacial score (nSPS) is 22.1. The Morgan fingerprint density at radius 2 is 2.19 bits per heavy atom. The average molecular weight is 297 g/mol. The summed E-state index contributed by atoms with van der Waals surface area (Å²) >= 11 is 0. The van der Waals surface area contributed by atoms with Gasteiger partial charge in [-0.15, -0.1) is 0 Å². The van der Waals surface area contributed by atoms with Gasteiger partial charge in [-0.3, -0.25) is 14.3 Å². The number of aromatic amines is 1. The van der Waals surface area contributed by atoms with E-state index in [4.69, 9.17) is 9.47 Å². The number of nitrogens with zero attached hydrogens (tertiary/aromatic N) is 2. The van der Waals surface area contributed by atoms with Crippen LogP contribution in [-0.2, 0) is 9.47 Å². The standard InChI is InChI=1S/C13H19N3O5/c1-4-9-6-15(13(19)20-3)7-10(21-9)16-5-8(2)11(17)14-12(16)18/h5,9-10H,4,6-7H2,1-3H3,(H,14,17,18)/t9-,10-/m1/s1. The van der Waals surface area contributed by atoms with Crippen molar-refractivity contribution < 1.29 is 14.3 Å². The van der Waals surface area contributed by atoms with Gasteiger partial charge in [0.2, 0.25) is 0 Å². The summed E-state index contributed by atoms with van der Waals surface area (Å²) in [6.45, 7) is 4.14. The first-order chi connectivity index (χ1) is 9.96. The zero-order valence-electron chi connectivity index (χ0n) is 12.3. The molecule has 0 radical (unpaired) electrons. The minimum absolute atomic E-state index is 0.189. The molecular formula is C13H19N3O5. The van der Waals surface area contributed by atoms with E-state index < -0.39 is 23.6 Å². The minimum atomic E-state index is -0.647. The molecule has 0 spiro atoms. The molecule has 116 valence electrons. The van der Waals surface area contributed by atoms with Gasteiger partial charge in [-0.1, -0.05) is 6.92 Å². The van der Waals surface area contributed by atoms with E-state index in [0.717, 1.165) is 0 Å². The molecule has 21 heavy (non-hydrogen) atoms. The van der Waals surface area contributed by atoms with Gasteiger partial charge >= 0.3 is 11.8 Å². The van der Waals surface area contributed by atoms with Crippen molar-refractivity contribution in [2.75, 3.05) is 20.2 Å². The number of carbonyl (C=O) groups excluding carboxylic acids is 1. The van der Waals surface area contributed by atoms with Crippen LogP contribution in [0.3, 0.4) is 0 Å². The molecule has 0 saturated carbocycles. The third-order valence-corrected chi connectivity index (χ3v) is 3.49. The summed E-state index contributed by atoms with van der Waals surface area (Å²) < 4.78 is 11.8. The Balaban J connectivity index is 2.34. The SMILES string of the molecule is CC[C@@H]1CN(C(=O)OC)C[C@H](n2cc(C)c(=O)[nH]c2=O)O1. The molecule has 8 nitrogen and oxygen atoms in total. The molecule has 8 heteroatoms. The van der Waals surface area contributed by atoms with Crippen molar-refractivity contribution in [3.05, 3.63) is 32.6 Å². The third-order valence-electron chi connectivity index (χ3n) is 3.49. The molecule has 1 fully saturated rings. The number of aromatic nitrogens is 2. The van der Waals surface area contributed by atoms with Gasteiger partial charge in [0.05, 0.1) is 26.3 Å². The van der Waals surface area contributed by atoms with Gasteiger partial charge < -0.3 is 14.4 Å². The number of carbonyl (C=O) groups is 1. The number of amides is 1. The zero-order valence-corrected chi connectivity index (χ0v) is 12.3. The van der Waals surface area contributed by atoms with Crippen molar-refractivity contribution in [1.29, 1.82) is 0 Å². The van der Waals surface area contributed by atoms with Crippen LogP contribution in [0.2, 0.25) is 0 Å². The first kappa shape index (κ1) is 15.3. The lowest BCUT2D eigenvalue weighted by Gasteiger charge is -2.37. The Morgan fingerprint density at radius 1 is 1.48 bits per heavy atom. The highest BCUT2D eigenvalue weighted by molar-refractivity contribution is 5.67. The van der Waals surface area contributed by atoms with Gasteiger partial charge in [0, 0.05) is 11.8 Å². The molecule has 1 aliphatic heterocycles. The second-order valence-electron chi connectivity index (χ2n) is 4.97. The fraction of sp³-hybridized carbons (Fsp3) is 0.615. The quantitative estimate of drug-likeness (QED) is 0.843. The molecule has 1 aromatic heterocycles. The average Bonchev–Trinajstić information content (AvgIpc) is 2.49. The molecule has 1 aromatic rings. The first-order valence-electron chi connectivity index (χ1n) is 6.76. The predicted octanol–water partition coefficient (Wildman–Crippen LogP) is 0.221. The van der Waals surface area contributed by atoms with E-state index in [-0.39, 0.29) is 12.6 Å². The molecule has 1 aliphatic rings. The number of H-pyrrole nitrogens is 1. The molecule has 0 unspecified atom stereocenters. The third kappa shape index (κ3) is 3.15. The highest BCUT2D eigenvalue weighted by Gasteiger charge is 2.31. The summed E-state index contributed by atoms with van der Waals surface area (Å²) in [5.74, 6) is 0. The number of rotatable bonds is 2. The molecular weight excluding hydrogens is 278 g/mol. The Labute approximate surface area is 121 Å².